The molecule has 0 aliphatic rings. The van der Waals surface area contributed by atoms with E-state index in [9.17, 15) is 4.79 Å². The van der Waals surface area contributed by atoms with Crippen LogP contribution in [0.25, 0.3) is 0 Å². The van der Waals surface area contributed by atoms with Crippen LogP contribution in [0.15, 0.2) is 35.7 Å². The number of rotatable bonds is 5. The predicted octanol–water partition coefficient (Wildman–Crippen LogP) is 3.04. The second kappa shape index (κ2) is 5.80. The van der Waals surface area contributed by atoms with E-state index in [4.69, 9.17) is 5.11 Å². The van der Waals surface area contributed by atoms with Crippen molar-refractivity contribution in [3.8, 4) is 0 Å². The minimum Gasteiger partial charge on any atom is -0.478 e. The standard InChI is InChI=1S/C14H15NO2S/c1-10-4-2-3-5-11(10)7-15-8-13-6-12(9-18-13)14(16)17/h2-6,9,15H,7-8H2,1H3,(H,16,17). The summed E-state index contributed by atoms with van der Waals surface area (Å²) in [6, 6.07) is 9.96. The summed E-state index contributed by atoms with van der Waals surface area (Å²) in [5, 5.41) is 13.8. The molecule has 2 aromatic rings. The number of carboxylic acid groups (broad SMARTS) is 1. The lowest BCUT2D eigenvalue weighted by Gasteiger charge is -2.06. The molecule has 0 fully saturated rings. The van der Waals surface area contributed by atoms with Crippen LogP contribution in [0.1, 0.15) is 26.4 Å². The number of benzene rings is 1. The van der Waals surface area contributed by atoms with Crippen molar-refractivity contribution in [3.63, 3.8) is 0 Å². The van der Waals surface area contributed by atoms with E-state index in [1.807, 2.05) is 12.1 Å². The van der Waals surface area contributed by atoms with Crippen LogP contribution in [-0.4, -0.2) is 11.1 Å². The Kier molecular flexibility index (Phi) is 4.12. The van der Waals surface area contributed by atoms with Crippen LogP contribution in [0, 0.1) is 6.92 Å². The van der Waals surface area contributed by atoms with E-state index in [0.29, 0.717) is 12.1 Å². The average Bonchev–Trinajstić information content (AvgIpc) is 2.80. The van der Waals surface area contributed by atoms with Gasteiger partial charge in [-0.15, -0.1) is 11.3 Å². The van der Waals surface area contributed by atoms with E-state index in [1.54, 1.807) is 11.4 Å². The van der Waals surface area contributed by atoms with Gasteiger partial charge in [0.15, 0.2) is 0 Å². The lowest BCUT2D eigenvalue weighted by Crippen LogP contribution is -2.12. The maximum atomic E-state index is 10.7. The van der Waals surface area contributed by atoms with Crippen molar-refractivity contribution in [3.05, 3.63) is 57.3 Å². The Hall–Kier alpha value is -1.65. The highest BCUT2D eigenvalue weighted by Crippen LogP contribution is 2.15. The van der Waals surface area contributed by atoms with E-state index in [-0.39, 0.29) is 0 Å². The summed E-state index contributed by atoms with van der Waals surface area (Å²) in [7, 11) is 0. The van der Waals surface area contributed by atoms with Crippen LogP contribution in [-0.2, 0) is 13.1 Å². The van der Waals surface area contributed by atoms with Crippen molar-refractivity contribution >= 4 is 17.3 Å². The average molecular weight is 261 g/mol. The van der Waals surface area contributed by atoms with Gasteiger partial charge in [0.25, 0.3) is 0 Å². The van der Waals surface area contributed by atoms with Crippen molar-refractivity contribution in [2.75, 3.05) is 0 Å². The van der Waals surface area contributed by atoms with E-state index < -0.39 is 5.97 Å². The molecular formula is C14H15NO2S. The van der Waals surface area contributed by atoms with Crippen LogP contribution in [0.5, 0.6) is 0 Å². The molecule has 2 N–H and O–H groups in total. The molecule has 1 aromatic heterocycles. The van der Waals surface area contributed by atoms with Gasteiger partial charge in [-0.25, -0.2) is 4.79 Å². The van der Waals surface area contributed by atoms with Crippen molar-refractivity contribution in [2.24, 2.45) is 0 Å². The van der Waals surface area contributed by atoms with E-state index >= 15 is 0 Å². The predicted molar refractivity (Wildman–Crippen MR) is 73.0 cm³/mol. The van der Waals surface area contributed by atoms with Gasteiger partial charge in [-0.3, -0.25) is 0 Å². The number of thiophene rings is 1. The third kappa shape index (κ3) is 3.18. The fourth-order valence-corrected chi connectivity index (χ4v) is 2.54. The number of hydrogen-bond donors (Lipinski definition) is 2. The first-order valence-corrected chi connectivity index (χ1v) is 6.60. The zero-order valence-electron chi connectivity index (χ0n) is 10.1. The number of nitrogens with one attached hydrogen (secondary N) is 1. The molecule has 1 aromatic carbocycles. The van der Waals surface area contributed by atoms with Crippen molar-refractivity contribution in [2.45, 2.75) is 20.0 Å². The summed E-state index contributed by atoms with van der Waals surface area (Å²) in [5.41, 5.74) is 2.91. The number of aromatic carboxylic acids is 1. The second-order valence-electron chi connectivity index (χ2n) is 4.14. The molecule has 0 bridgehead atoms. The Labute approximate surface area is 110 Å². The molecule has 0 unspecified atom stereocenters. The zero-order chi connectivity index (χ0) is 13.0. The van der Waals surface area contributed by atoms with Gasteiger partial charge in [0.05, 0.1) is 5.56 Å². The molecule has 0 aliphatic heterocycles. The van der Waals surface area contributed by atoms with Crippen molar-refractivity contribution < 1.29 is 9.90 Å². The maximum Gasteiger partial charge on any atom is 0.336 e. The quantitative estimate of drug-likeness (QED) is 0.869. The highest BCUT2D eigenvalue weighted by molar-refractivity contribution is 7.10. The molecule has 0 spiro atoms. The molecule has 0 atom stereocenters. The summed E-state index contributed by atoms with van der Waals surface area (Å²) in [6.45, 7) is 3.59. The van der Waals surface area contributed by atoms with Gasteiger partial charge in [0, 0.05) is 23.3 Å². The molecule has 0 saturated heterocycles. The fraction of sp³-hybridized carbons (Fsp3) is 0.214. The van der Waals surface area contributed by atoms with Gasteiger partial charge >= 0.3 is 5.97 Å². The summed E-state index contributed by atoms with van der Waals surface area (Å²) < 4.78 is 0. The zero-order valence-corrected chi connectivity index (χ0v) is 11.0. The Morgan fingerprint density at radius 3 is 2.78 bits per heavy atom. The summed E-state index contributed by atoms with van der Waals surface area (Å²) in [4.78, 5) is 11.8. The summed E-state index contributed by atoms with van der Waals surface area (Å²) in [6.07, 6.45) is 0. The molecule has 94 valence electrons. The molecule has 18 heavy (non-hydrogen) atoms. The van der Waals surface area contributed by atoms with Crippen LogP contribution in [0.4, 0.5) is 0 Å². The molecule has 0 radical (unpaired) electrons. The molecule has 2 rings (SSSR count). The third-order valence-corrected chi connectivity index (χ3v) is 3.71. The molecule has 0 amide bonds. The SMILES string of the molecule is Cc1ccccc1CNCc1cc(C(=O)O)cs1. The van der Waals surface area contributed by atoms with Gasteiger partial charge in [0.1, 0.15) is 0 Å². The molecule has 3 nitrogen and oxygen atoms in total. The van der Waals surface area contributed by atoms with E-state index in [0.717, 1.165) is 11.4 Å². The van der Waals surface area contributed by atoms with Gasteiger partial charge in [-0.1, -0.05) is 24.3 Å². The highest BCUT2D eigenvalue weighted by atomic mass is 32.1. The Morgan fingerprint density at radius 2 is 2.11 bits per heavy atom. The third-order valence-electron chi connectivity index (χ3n) is 2.78. The van der Waals surface area contributed by atoms with Gasteiger partial charge in [0.2, 0.25) is 0 Å². The van der Waals surface area contributed by atoms with Crippen LogP contribution >= 0.6 is 11.3 Å². The molecule has 0 saturated carbocycles. The minimum absolute atomic E-state index is 0.368. The minimum atomic E-state index is -0.864. The molecule has 1 heterocycles. The van der Waals surface area contributed by atoms with Gasteiger partial charge in [-0.2, -0.15) is 0 Å². The van der Waals surface area contributed by atoms with E-state index in [2.05, 4.69) is 24.4 Å². The van der Waals surface area contributed by atoms with Crippen molar-refractivity contribution in [1.29, 1.82) is 0 Å². The Bertz CT molecular complexity index is 548. The lowest BCUT2D eigenvalue weighted by atomic mass is 10.1. The topological polar surface area (TPSA) is 49.3 Å². The summed E-state index contributed by atoms with van der Waals surface area (Å²) >= 11 is 1.47. The Morgan fingerprint density at radius 1 is 1.33 bits per heavy atom. The number of carboxylic acids is 1. The van der Waals surface area contributed by atoms with Crippen LogP contribution in [0.2, 0.25) is 0 Å². The monoisotopic (exact) mass is 261 g/mol. The van der Waals surface area contributed by atoms with Crippen LogP contribution in [0.3, 0.4) is 0 Å². The number of hydrogen-bond acceptors (Lipinski definition) is 3. The molecule has 4 heteroatoms. The Balaban J connectivity index is 1.88. The number of carbonyl (C=O) groups is 1. The van der Waals surface area contributed by atoms with Gasteiger partial charge < -0.3 is 10.4 Å². The largest absolute Gasteiger partial charge is 0.478 e. The maximum absolute atomic E-state index is 10.7. The van der Waals surface area contributed by atoms with Crippen molar-refractivity contribution in [1.82, 2.24) is 5.32 Å². The second-order valence-corrected chi connectivity index (χ2v) is 5.13. The molecule has 0 aliphatic carbocycles. The fourth-order valence-electron chi connectivity index (χ4n) is 1.71. The molecular weight excluding hydrogens is 246 g/mol. The summed E-state index contributed by atoms with van der Waals surface area (Å²) in [5.74, 6) is -0.864. The first-order chi connectivity index (χ1) is 8.66. The van der Waals surface area contributed by atoms with Crippen LogP contribution < -0.4 is 5.32 Å². The lowest BCUT2D eigenvalue weighted by molar-refractivity contribution is 0.0697. The number of aryl methyl sites for hydroxylation is 1. The smallest absolute Gasteiger partial charge is 0.336 e. The highest BCUT2D eigenvalue weighted by Gasteiger charge is 2.06. The normalized spacial score (nSPS) is 10.5. The first-order valence-electron chi connectivity index (χ1n) is 5.73. The van der Waals surface area contributed by atoms with Gasteiger partial charge in [-0.05, 0) is 24.1 Å². The van der Waals surface area contributed by atoms with E-state index in [1.165, 1.54) is 22.5 Å². The first kappa shape index (κ1) is 12.8.